The molecular weight excluding hydrogens is 280 g/mol. The molecule has 5 nitrogen and oxygen atoms in total. The van der Waals surface area contributed by atoms with Gasteiger partial charge in [0.25, 0.3) is 0 Å². The summed E-state index contributed by atoms with van der Waals surface area (Å²) >= 11 is 0. The van der Waals surface area contributed by atoms with Gasteiger partial charge in [-0.25, -0.2) is 0 Å². The molecule has 0 saturated heterocycles. The molecule has 0 radical (unpaired) electrons. The normalized spacial score (nSPS) is 31.2. The summed E-state index contributed by atoms with van der Waals surface area (Å²) in [6.45, 7) is 1.56. The molecule has 3 aliphatic rings. The minimum Gasteiger partial charge on any atom is -0.391 e. The summed E-state index contributed by atoms with van der Waals surface area (Å²) in [6, 6.07) is -0.625. The number of nitrogens with one attached hydrogen (secondary N) is 2. The molecule has 3 fully saturated rings. The summed E-state index contributed by atoms with van der Waals surface area (Å²) in [5.41, 5.74) is 0. The first-order valence-corrected chi connectivity index (χ1v) is 8.83. The van der Waals surface area contributed by atoms with Crippen molar-refractivity contribution in [2.45, 2.75) is 76.5 Å². The van der Waals surface area contributed by atoms with Gasteiger partial charge in [-0.1, -0.05) is 12.8 Å². The smallest absolute Gasteiger partial charge is 0.245 e. The van der Waals surface area contributed by atoms with Gasteiger partial charge in [-0.15, -0.1) is 0 Å². The summed E-state index contributed by atoms with van der Waals surface area (Å²) in [5, 5.41) is 15.6. The van der Waals surface area contributed by atoms with Gasteiger partial charge in [-0.05, 0) is 57.3 Å². The van der Waals surface area contributed by atoms with E-state index in [1.807, 2.05) is 0 Å². The van der Waals surface area contributed by atoms with Gasteiger partial charge >= 0.3 is 0 Å². The molecule has 0 heterocycles. The van der Waals surface area contributed by atoms with Crippen molar-refractivity contribution in [2.75, 3.05) is 0 Å². The van der Waals surface area contributed by atoms with Gasteiger partial charge < -0.3 is 15.7 Å². The van der Waals surface area contributed by atoms with Gasteiger partial charge in [0.1, 0.15) is 6.04 Å². The van der Waals surface area contributed by atoms with E-state index in [2.05, 4.69) is 10.6 Å². The minimum atomic E-state index is -0.870. The van der Waals surface area contributed by atoms with Crippen LogP contribution in [-0.4, -0.2) is 35.1 Å². The fourth-order valence-corrected chi connectivity index (χ4v) is 3.67. The van der Waals surface area contributed by atoms with E-state index in [9.17, 15) is 14.7 Å². The number of carbonyl (C=O) groups is 2. The maximum Gasteiger partial charge on any atom is 0.245 e. The molecule has 3 N–H and O–H groups in total. The van der Waals surface area contributed by atoms with E-state index in [-0.39, 0.29) is 23.8 Å². The molecular formula is C17H28N2O3. The zero-order chi connectivity index (χ0) is 15.7. The van der Waals surface area contributed by atoms with Crippen molar-refractivity contribution >= 4 is 11.8 Å². The van der Waals surface area contributed by atoms with Crippen LogP contribution in [0.25, 0.3) is 0 Å². The Labute approximate surface area is 132 Å². The maximum atomic E-state index is 12.4. The molecule has 4 atom stereocenters. The van der Waals surface area contributed by atoms with Crippen LogP contribution in [0.1, 0.15) is 58.3 Å². The Bertz CT molecular complexity index is 430. The third-order valence-corrected chi connectivity index (χ3v) is 5.36. The summed E-state index contributed by atoms with van der Waals surface area (Å²) in [4.78, 5) is 24.3. The molecule has 124 valence electrons. The molecule has 0 bridgehead atoms. The predicted octanol–water partition coefficient (Wildman–Crippen LogP) is 1.35. The van der Waals surface area contributed by atoms with Crippen LogP contribution in [0, 0.1) is 17.8 Å². The number of hydrogen-bond acceptors (Lipinski definition) is 3. The first-order valence-electron chi connectivity index (χ1n) is 8.83. The van der Waals surface area contributed by atoms with Gasteiger partial charge in [0.2, 0.25) is 11.8 Å². The molecule has 0 aromatic heterocycles. The number of aliphatic hydroxyl groups is 1. The van der Waals surface area contributed by atoms with Crippen molar-refractivity contribution < 1.29 is 14.7 Å². The molecule has 4 unspecified atom stereocenters. The average molecular weight is 308 g/mol. The molecule has 3 aliphatic carbocycles. The number of aliphatic hydroxyl groups excluding tert-OH is 1. The van der Waals surface area contributed by atoms with E-state index < -0.39 is 12.1 Å². The molecule has 3 saturated carbocycles. The average Bonchev–Trinajstić information content (AvgIpc) is 3.37. The van der Waals surface area contributed by atoms with Crippen LogP contribution < -0.4 is 10.6 Å². The standard InChI is InChI=1S/C17H28N2O3/c1-10(20)15(19-16(21)12-7-8-12)17(22)18-14-4-2-3-13(9-14)11-5-6-11/h10-15,20H,2-9H2,1H3,(H,18,22)(H,19,21). The second kappa shape index (κ2) is 6.57. The molecule has 2 amide bonds. The predicted molar refractivity (Wildman–Crippen MR) is 82.9 cm³/mol. The lowest BCUT2D eigenvalue weighted by Crippen LogP contribution is -2.55. The highest BCUT2D eigenvalue weighted by Gasteiger charge is 2.37. The van der Waals surface area contributed by atoms with Crippen molar-refractivity contribution in [1.82, 2.24) is 10.6 Å². The molecule has 5 heteroatoms. The number of rotatable bonds is 6. The van der Waals surface area contributed by atoms with Crippen LogP contribution in [-0.2, 0) is 9.59 Å². The fourth-order valence-electron chi connectivity index (χ4n) is 3.67. The topological polar surface area (TPSA) is 78.4 Å². The van der Waals surface area contributed by atoms with E-state index in [1.54, 1.807) is 6.92 Å². The summed E-state index contributed by atoms with van der Waals surface area (Å²) in [5.74, 6) is 1.35. The fraction of sp³-hybridized carbons (Fsp3) is 0.882. The monoisotopic (exact) mass is 308 g/mol. The first kappa shape index (κ1) is 15.8. The molecule has 0 aromatic carbocycles. The number of amides is 2. The van der Waals surface area contributed by atoms with Crippen molar-refractivity contribution in [1.29, 1.82) is 0 Å². The van der Waals surface area contributed by atoms with Crippen LogP contribution in [0.4, 0.5) is 0 Å². The summed E-state index contributed by atoms with van der Waals surface area (Å²) < 4.78 is 0. The Kier molecular flexibility index (Phi) is 4.71. The summed E-state index contributed by atoms with van der Waals surface area (Å²) in [6.07, 6.45) is 8.13. The van der Waals surface area contributed by atoms with Crippen molar-refractivity contribution in [3.63, 3.8) is 0 Å². The van der Waals surface area contributed by atoms with E-state index in [1.165, 1.54) is 25.7 Å². The highest BCUT2D eigenvalue weighted by Crippen LogP contribution is 2.43. The van der Waals surface area contributed by atoms with Crippen LogP contribution in [0.3, 0.4) is 0 Å². The second-order valence-corrected chi connectivity index (χ2v) is 7.47. The van der Waals surface area contributed by atoms with Crippen molar-refractivity contribution in [2.24, 2.45) is 17.8 Å². The van der Waals surface area contributed by atoms with E-state index >= 15 is 0 Å². The van der Waals surface area contributed by atoms with Gasteiger partial charge in [0.05, 0.1) is 6.10 Å². The first-order chi connectivity index (χ1) is 10.5. The van der Waals surface area contributed by atoms with Crippen LogP contribution in [0.15, 0.2) is 0 Å². The highest BCUT2D eigenvalue weighted by molar-refractivity contribution is 5.89. The minimum absolute atomic E-state index is 0.0444. The van der Waals surface area contributed by atoms with Gasteiger partial charge in [-0.2, -0.15) is 0 Å². The second-order valence-electron chi connectivity index (χ2n) is 7.47. The highest BCUT2D eigenvalue weighted by atomic mass is 16.3. The Morgan fingerprint density at radius 3 is 2.36 bits per heavy atom. The lowest BCUT2D eigenvalue weighted by atomic mass is 9.82. The van der Waals surface area contributed by atoms with Crippen molar-refractivity contribution in [3.8, 4) is 0 Å². The zero-order valence-electron chi connectivity index (χ0n) is 13.4. The van der Waals surface area contributed by atoms with Gasteiger partial charge in [-0.3, -0.25) is 9.59 Å². The summed E-state index contributed by atoms with van der Waals surface area (Å²) in [7, 11) is 0. The van der Waals surface area contributed by atoms with Crippen LogP contribution in [0.2, 0.25) is 0 Å². The van der Waals surface area contributed by atoms with Gasteiger partial charge in [0, 0.05) is 12.0 Å². The largest absolute Gasteiger partial charge is 0.391 e. The van der Waals surface area contributed by atoms with E-state index in [0.717, 1.165) is 37.5 Å². The molecule has 3 rings (SSSR count). The Hall–Kier alpha value is -1.10. The van der Waals surface area contributed by atoms with Crippen molar-refractivity contribution in [3.05, 3.63) is 0 Å². The lowest BCUT2D eigenvalue weighted by molar-refractivity contribution is -0.132. The van der Waals surface area contributed by atoms with Gasteiger partial charge in [0.15, 0.2) is 0 Å². The number of hydrogen-bond donors (Lipinski definition) is 3. The SMILES string of the molecule is CC(O)C(NC(=O)C1CC1)C(=O)NC1CCCC(C2CC2)C1. The molecule has 0 aliphatic heterocycles. The van der Waals surface area contributed by atoms with Crippen LogP contribution in [0.5, 0.6) is 0 Å². The van der Waals surface area contributed by atoms with E-state index in [0.29, 0.717) is 0 Å². The molecule has 0 aromatic rings. The quantitative estimate of drug-likeness (QED) is 0.693. The molecule has 22 heavy (non-hydrogen) atoms. The zero-order valence-corrected chi connectivity index (χ0v) is 13.4. The number of carbonyl (C=O) groups excluding carboxylic acids is 2. The third kappa shape index (κ3) is 4.00. The Balaban J connectivity index is 1.52. The Morgan fingerprint density at radius 2 is 1.77 bits per heavy atom. The lowest BCUT2D eigenvalue weighted by Gasteiger charge is -2.31. The Morgan fingerprint density at radius 1 is 1.05 bits per heavy atom. The van der Waals surface area contributed by atoms with E-state index in [4.69, 9.17) is 0 Å². The van der Waals surface area contributed by atoms with Crippen LogP contribution >= 0.6 is 0 Å². The third-order valence-electron chi connectivity index (χ3n) is 5.36. The molecule has 0 spiro atoms. The maximum absolute atomic E-state index is 12.4.